The van der Waals surface area contributed by atoms with Crippen molar-refractivity contribution in [2.75, 3.05) is 13.2 Å². The van der Waals surface area contributed by atoms with Crippen LogP contribution in [0, 0.1) is 0 Å². The molecule has 19 heavy (non-hydrogen) atoms. The van der Waals surface area contributed by atoms with Crippen LogP contribution >= 0.6 is 11.6 Å². The number of ether oxygens (including phenoxy) is 1. The Labute approximate surface area is 113 Å². The maximum Gasteiger partial charge on any atom is 0.418 e. The molecule has 104 valence electrons. The number of benzene rings is 1. The van der Waals surface area contributed by atoms with Crippen molar-refractivity contribution in [3.8, 4) is 0 Å². The van der Waals surface area contributed by atoms with Gasteiger partial charge in [0.15, 0.2) is 6.10 Å². The third kappa shape index (κ3) is 3.29. The molecule has 1 N–H and O–H groups in total. The maximum absolute atomic E-state index is 12.6. The van der Waals surface area contributed by atoms with E-state index in [1.807, 2.05) is 6.08 Å². The molecule has 1 atom stereocenters. The van der Waals surface area contributed by atoms with Gasteiger partial charge in [-0.1, -0.05) is 23.7 Å². The lowest BCUT2D eigenvalue weighted by Crippen LogP contribution is -2.22. The number of aliphatic hydroxyl groups is 1. The van der Waals surface area contributed by atoms with Gasteiger partial charge in [0.2, 0.25) is 0 Å². The Balaban J connectivity index is 2.46. The van der Waals surface area contributed by atoms with Crippen LogP contribution in [0.5, 0.6) is 0 Å². The van der Waals surface area contributed by atoms with Gasteiger partial charge < -0.3 is 9.84 Å². The van der Waals surface area contributed by atoms with E-state index in [0.29, 0.717) is 23.6 Å². The molecule has 0 spiro atoms. The van der Waals surface area contributed by atoms with Crippen LogP contribution in [0.25, 0.3) is 5.57 Å². The Hall–Kier alpha value is -1.04. The van der Waals surface area contributed by atoms with E-state index < -0.39 is 12.3 Å². The van der Waals surface area contributed by atoms with E-state index in [9.17, 15) is 18.3 Å². The highest BCUT2D eigenvalue weighted by Gasteiger charge is 2.40. The lowest BCUT2D eigenvalue weighted by molar-refractivity contribution is -0.206. The second-order valence-corrected chi connectivity index (χ2v) is 4.68. The number of aliphatic hydroxyl groups excluding tert-OH is 1. The van der Waals surface area contributed by atoms with E-state index in [4.69, 9.17) is 16.3 Å². The Kier molecular flexibility index (Phi) is 4.18. The maximum atomic E-state index is 12.6. The van der Waals surface area contributed by atoms with Gasteiger partial charge in [0.25, 0.3) is 0 Å². The number of alkyl halides is 3. The van der Waals surface area contributed by atoms with Crippen LogP contribution in [-0.4, -0.2) is 24.5 Å². The smallest absolute Gasteiger partial charge is 0.379 e. The molecule has 1 heterocycles. The van der Waals surface area contributed by atoms with Crippen LogP contribution in [-0.2, 0) is 4.74 Å². The van der Waals surface area contributed by atoms with E-state index in [2.05, 4.69) is 0 Å². The summed E-state index contributed by atoms with van der Waals surface area (Å²) in [5.74, 6) is 0. The lowest BCUT2D eigenvalue weighted by Gasteiger charge is -2.21. The van der Waals surface area contributed by atoms with Crippen LogP contribution < -0.4 is 0 Å². The highest BCUT2D eigenvalue weighted by molar-refractivity contribution is 6.30. The predicted octanol–water partition coefficient (Wildman–Crippen LogP) is 3.74. The summed E-state index contributed by atoms with van der Waals surface area (Å²) in [4.78, 5) is 0. The topological polar surface area (TPSA) is 29.5 Å². The monoisotopic (exact) mass is 292 g/mol. The molecule has 1 aliphatic rings. The van der Waals surface area contributed by atoms with Gasteiger partial charge in [-0.15, -0.1) is 0 Å². The summed E-state index contributed by atoms with van der Waals surface area (Å²) in [6.45, 7) is 0.763. The number of halogens is 4. The fourth-order valence-corrected chi connectivity index (χ4v) is 2.14. The third-order valence-electron chi connectivity index (χ3n) is 2.88. The van der Waals surface area contributed by atoms with E-state index in [1.165, 1.54) is 18.2 Å². The molecule has 2 rings (SSSR count). The van der Waals surface area contributed by atoms with Crippen LogP contribution in [0.4, 0.5) is 13.2 Å². The number of hydrogen-bond donors (Lipinski definition) is 1. The van der Waals surface area contributed by atoms with Crippen LogP contribution in [0.15, 0.2) is 24.3 Å². The summed E-state index contributed by atoms with van der Waals surface area (Å²) in [6, 6.07) is 3.96. The van der Waals surface area contributed by atoms with Gasteiger partial charge >= 0.3 is 6.18 Å². The third-order valence-corrected chi connectivity index (χ3v) is 3.11. The van der Waals surface area contributed by atoms with Crippen molar-refractivity contribution >= 4 is 17.2 Å². The fraction of sp³-hybridized carbons (Fsp3) is 0.385. The molecule has 1 aliphatic heterocycles. The quantitative estimate of drug-likeness (QED) is 0.900. The van der Waals surface area contributed by atoms with Crippen molar-refractivity contribution in [1.29, 1.82) is 0 Å². The summed E-state index contributed by atoms with van der Waals surface area (Å²) in [5, 5.41) is 9.74. The molecule has 0 aliphatic carbocycles. The lowest BCUT2D eigenvalue weighted by atomic mass is 9.95. The highest BCUT2D eigenvalue weighted by Crippen LogP contribution is 2.37. The molecular formula is C13H12ClF3O2. The number of rotatable bonds is 2. The highest BCUT2D eigenvalue weighted by atomic mass is 35.5. The average Bonchev–Trinajstić information content (AvgIpc) is 2.38. The summed E-state index contributed by atoms with van der Waals surface area (Å²) in [7, 11) is 0. The fourth-order valence-electron chi connectivity index (χ4n) is 1.97. The average molecular weight is 293 g/mol. The molecular weight excluding hydrogens is 281 g/mol. The molecule has 1 aromatic rings. The first-order chi connectivity index (χ1) is 8.89. The van der Waals surface area contributed by atoms with Crippen LogP contribution in [0.3, 0.4) is 0 Å². The van der Waals surface area contributed by atoms with E-state index in [0.717, 1.165) is 0 Å². The van der Waals surface area contributed by atoms with Gasteiger partial charge in [0.05, 0.1) is 13.2 Å². The summed E-state index contributed by atoms with van der Waals surface area (Å²) >= 11 is 5.82. The minimum absolute atomic E-state index is 0.200. The predicted molar refractivity (Wildman–Crippen MR) is 65.9 cm³/mol. The molecule has 0 bridgehead atoms. The SMILES string of the molecule is O[C@H](c1ccc(Cl)cc1C1=CCCOC1)C(F)(F)F. The Morgan fingerprint density at radius 1 is 1.32 bits per heavy atom. The van der Waals surface area contributed by atoms with E-state index in [1.54, 1.807) is 0 Å². The van der Waals surface area contributed by atoms with Crippen LogP contribution in [0.2, 0.25) is 5.02 Å². The van der Waals surface area contributed by atoms with Crippen molar-refractivity contribution in [2.45, 2.75) is 18.7 Å². The molecule has 1 aromatic carbocycles. The van der Waals surface area contributed by atoms with Gasteiger partial charge in [-0.25, -0.2) is 0 Å². The standard InChI is InChI=1S/C13H12ClF3O2/c14-9-3-4-10(12(18)13(15,16)17)11(6-9)8-2-1-5-19-7-8/h2-4,6,12,18H,1,5,7H2/t12-/m1/s1. The molecule has 2 nitrogen and oxygen atoms in total. The minimum Gasteiger partial charge on any atom is -0.379 e. The van der Waals surface area contributed by atoms with Gasteiger partial charge in [0, 0.05) is 5.02 Å². The molecule has 6 heteroatoms. The first-order valence-corrected chi connectivity index (χ1v) is 6.09. The van der Waals surface area contributed by atoms with Crippen LogP contribution in [0.1, 0.15) is 23.7 Å². The first-order valence-electron chi connectivity index (χ1n) is 5.71. The zero-order valence-electron chi connectivity index (χ0n) is 9.88. The zero-order valence-corrected chi connectivity index (χ0v) is 10.6. The summed E-state index contributed by atoms with van der Waals surface area (Å²) in [5.41, 5.74) is 0.706. The molecule has 0 unspecified atom stereocenters. The Bertz CT molecular complexity index is 497. The molecule has 0 radical (unpaired) electrons. The molecule has 0 saturated heterocycles. The van der Waals surface area contributed by atoms with Gasteiger partial charge in [-0.2, -0.15) is 13.2 Å². The molecule has 0 aromatic heterocycles. The zero-order chi connectivity index (χ0) is 14.0. The summed E-state index contributed by atoms with van der Waals surface area (Å²) in [6.07, 6.45) is -4.80. The van der Waals surface area contributed by atoms with Crippen molar-refractivity contribution in [3.63, 3.8) is 0 Å². The molecule has 0 saturated carbocycles. The molecule has 0 amide bonds. The Morgan fingerprint density at radius 3 is 2.63 bits per heavy atom. The second-order valence-electron chi connectivity index (χ2n) is 4.25. The van der Waals surface area contributed by atoms with Gasteiger partial charge in [-0.05, 0) is 35.3 Å². The first kappa shape index (κ1) is 14.4. The van der Waals surface area contributed by atoms with Crippen molar-refractivity contribution in [3.05, 3.63) is 40.4 Å². The van der Waals surface area contributed by atoms with Crippen molar-refractivity contribution in [1.82, 2.24) is 0 Å². The van der Waals surface area contributed by atoms with Gasteiger partial charge in [0.1, 0.15) is 0 Å². The summed E-state index contributed by atoms with van der Waals surface area (Å²) < 4.78 is 43.2. The van der Waals surface area contributed by atoms with Crippen molar-refractivity contribution < 1.29 is 23.0 Å². The normalized spacial score (nSPS) is 18.1. The van der Waals surface area contributed by atoms with Gasteiger partial charge in [-0.3, -0.25) is 0 Å². The van der Waals surface area contributed by atoms with E-state index in [-0.39, 0.29) is 17.7 Å². The van der Waals surface area contributed by atoms with Crippen molar-refractivity contribution in [2.24, 2.45) is 0 Å². The molecule has 0 fully saturated rings. The largest absolute Gasteiger partial charge is 0.418 e. The number of hydrogen-bond acceptors (Lipinski definition) is 2. The Morgan fingerprint density at radius 2 is 2.05 bits per heavy atom. The van der Waals surface area contributed by atoms with E-state index >= 15 is 0 Å². The minimum atomic E-state index is -4.71. The second kappa shape index (κ2) is 5.53.